The zero-order valence-electron chi connectivity index (χ0n) is 13.1. The van der Waals surface area contributed by atoms with Crippen LogP contribution in [-0.4, -0.2) is 42.0 Å². The SMILES string of the molecule is O=C(c1ccc(-c2ccncc2)cc1)N1C[C@@H]2CNC[C@@H](C2)C1. The Morgan fingerprint density at radius 1 is 0.957 bits per heavy atom. The molecule has 3 heterocycles. The maximum absolute atomic E-state index is 12.8. The van der Waals surface area contributed by atoms with Crippen LogP contribution in [0, 0.1) is 11.8 Å². The minimum atomic E-state index is 0.169. The molecule has 2 bridgehead atoms. The molecule has 4 nitrogen and oxygen atoms in total. The second-order valence-electron chi connectivity index (χ2n) is 6.65. The van der Waals surface area contributed by atoms with Crippen LogP contribution in [0.1, 0.15) is 16.8 Å². The summed E-state index contributed by atoms with van der Waals surface area (Å²) in [4.78, 5) is 18.9. The number of fused-ring (bicyclic) bond motifs is 2. The molecule has 0 unspecified atom stereocenters. The Balaban J connectivity index is 1.50. The summed E-state index contributed by atoms with van der Waals surface area (Å²) >= 11 is 0. The molecule has 1 aromatic heterocycles. The zero-order chi connectivity index (χ0) is 15.6. The molecule has 0 aliphatic carbocycles. The van der Waals surface area contributed by atoms with Crippen molar-refractivity contribution in [1.29, 1.82) is 0 Å². The largest absolute Gasteiger partial charge is 0.338 e. The van der Waals surface area contributed by atoms with Gasteiger partial charge >= 0.3 is 0 Å². The van der Waals surface area contributed by atoms with E-state index in [1.54, 1.807) is 12.4 Å². The van der Waals surface area contributed by atoms with Crippen LogP contribution in [-0.2, 0) is 0 Å². The van der Waals surface area contributed by atoms with Gasteiger partial charge in [0.2, 0.25) is 0 Å². The lowest BCUT2D eigenvalue weighted by molar-refractivity contribution is 0.0538. The highest BCUT2D eigenvalue weighted by molar-refractivity contribution is 5.94. The molecule has 4 rings (SSSR count). The lowest BCUT2D eigenvalue weighted by Gasteiger charge is -2.41. The number of aromatic nitrogens is 1. The van der Waals surface area contributed by atoms with Crippen LogP contribution in [0.2, 0.25) is 0 Å². The minimum Gasteiger partial charge on any atom is -0.338 e. The Bertz CT molecular complexity index is 672. The molecule has 1 amide bonds. The number of pyridine rings is 1. The Morgan fingerprint density at radius 3 is 2.22 bits per heavy atom. The smallest absolute Gasteiger partial charge is 0.253 e. The molecule has 0 saturated carbocycles. The number of benzene rings is 1. The van der Waals surface area contributed by atoms with E-state index in [0.717, 1.165) is 42.9 Å². The van der Waals surface area contributed by atoms with Crippen LogP contribution < -0.4 is 5.32 Å². The van der Waals surface area contributed by atoms with Gasteiger partial charge in [0.25, 0.3) is 5.91 Å². The Labute approximate surface area is 136 Å². The number of carbonyl (C=O) groups excluding carboxylic acids is 1. The summed E-state index contributed by atoms with van der Waals surface area (Å²) in [7, 11) is 0. The maximum Gasteiger partial charge on any atom is 0.253 e. The van der Waals surface area contributed by atoms with E-state index in [1.165, 1.54) is 6.42 Å². The van der Waals surface area contributed by atoms with Crippen molar-refractivity contribution in [1.82, 2.24) is 15.2 Å². The number of hydrogen-bond acceptors (Lipinski definition) is 3. The third-order valence-electron chi connectivity index (χ3n) is 4.92. The molecule has 23 heavy (non-hydrogen) atoms. The first-order valence-electron chi connectivity index (χ1n) is 8.30. The second-order valence-corrected chi connectivity index (χ2v) is 6.65. The number of hydrogen-bond donors (Lipinski definition) is 1. The van der Waals surface area contributed by atoms with Gasteiger partial charge in [-0.3, -0.25) is 9.78 Å². The van der Waals surface area contributed by atoms with Crippen LogP contribution in [0.4, 0.5) is 0 Å². The number of carbonyl (C=O) groups is 1. The summed E-state index contributed by atoms with van der Waals surface area (Å²) in [6.45, 7) is 3.85. The molecule has 0 radical (unpaired) electrons. The highest BCUT2D eigenvalue weighted by Crippen LogP contribution is 2.26. The van der Waals surface area contributed by atoms with Gasteiger partial charge in [-0.2, -0.15) is 0 Å². The first-order chi connectivity index (χ1) is 11.3. The molecule has 2 atom stereocenters. The summed E-state index contributed by atoms with van der Waals surface area (Å²) in [5.74, 6) is 1.40. The number of likely N-dealkylation sites (tertiary alicyclic amines) is 1. The molecule has 4 heteroatoms. The highest BCUT2D eigenvalue weighted by atomic mass is 16.2. The van der Waals surface area contributed by atoms with E-state index in [9.17, 15) is 4.79 Å². The first kappa shape index (κ1) is 14.4. The minimum absolute atomic E-state index is 0.169. The van der Waals surface area contributed by atoms with Crippen molar-refractivity contribution in [3.05, 3.63) is 54.4 Å². The van der Waals surface area contributed by atoms with Crippen LogP contribution in [0.15, 0.2) is 48.8 Å². The molecule has 2 aliphatic rings. The van der Waals surface area contributed by atoms with Crippen LogP contribution in [0.25, 0.3) is 11.1 Å². The van der Waals surface area contributed by atoms with Crippen molar-refractivity contribution in [2.75, 3.05) is 26.2 Å². The van der Waals surface area contributed by atoms with Gasteiger partial charge in [-0.25, -0.2) is 0 Å². The molecule has 2 saturated heterocycles. The van der Waals surface area contributed by atoms with Gasteiger partial charge in [0, 0.05) is 31.0 Å². The fraction of sp³-hybridized carbons (Fsp3) is 0.368. The maximum atomic E-state index is 12.8. The number of amides is 1. The van der Waals surface area contributed by atoms with Crippen molar-refractivity contribution >= 4 is 5.91 Å². The molecule has 2 aromatic rings. The molecule has 1 N–H and O–H groups in total. The quantitative estimate of drug-likeness (QED) is 0.927. The van der Waals surface area contributed by atoms with Gasteiger partial charge in [0.05, 0.1) is 0 Å². The summed E-state index contributed by atoms with van der Waals surface area (Å²) < 4.78 is 0. The predicted octanol–water partition coefficient (Wildman–Crippen LogP) is 2.43. The third-order valence-corrected chi connectivity index (χ3v) is 4.92. The standard InChI is InChI=1S/C19H21N3O/c23-19(22-12-14-9-15(13-22)11-21-10-14)18-3-1-16(2-4-18)17-5-7-20-8-6-17/h1-8,14-15,21H,9-13H2/t14-,15+. The highest BCUT2D eigenvalue weighted by Gasteiger charge is 2.32. The zero-order valence-corrected chi connectivity index (χ0v) is 13.1. The average Bonchev–Trinajstić information content (AvgIpc) is 2.62. The van der Waals surface area contributed by atoms with E-state index >= 15 is 0 Å². The van der Waals surface area contributed by atoms with E-state index in [-0.39, 0.29) is 5.91 Å². The van der Waals surface area contributed by atoms with Gasteiger partial charge in [0.1, 0.15) is 0 Å². The Kier molecular flexibility index (Phi) is 3.83. The normalized spacial score (nSPS) is 23.6. The summed E-state index contributed by atoms with van der Waals surface area (Å²) in [5, 5.41) is 3.47. The van der Waals surface area contributed by atoms with Gasteiger partial charge in [-0.1, -0.05) is 12.1 Å². The van der Waals surface area contributed by atoms with Crippen molar-refractivity contribution in [3.63, 3.8) is 0 Å². The second kappa shape index (κ2) is 6.13. The molecule has 2 aliphatic heterocycles. The average molecular weight is 307 g/mol. The monoisotopic (exact) mass is 307 g/mol. The van der Waals surface area contributed by atoms with E-state index < -0.39 is 0 Å². The van der Waals surface area contributed by atoms with Gasteiger partial charge in [0.15, 0.2) is 0 Å². The van der Waals surface area contributed by atoms with Crippen LogP contribution in [0.5, 0.6) is 0 Å². The number of nitrogens with zero attached hydrogens (tertiary/aromatic N) is 2. The fourth-order valence-corrected chi connectivity index (χ4v) is 3.80. The lowest BCUT2D eigenvalue weighted by atomic mass is 9.85. The molecule has 2 fully saturated rings. The van der Waals surface area contributed by atoms with Crippen LogP contribution in [0.3, 0.4) is 0 Å². The van der Waals surface area contributed by atoms with Gasteiger partial charge in [-0.15, -0.1) is 0 Å². The molecule has 1 aromatic carbocycles. The van der Waals surface area contributed by atoms with E-state index in [4.69, 9.17) is 0 Å². The number of nitrogens with one attached hydrogen (secondary N) is 1. The van der Waals surface area contributed by atoms with Gasteiger partial charge in [-0.05, 0) is 66.7 Å². The Hall–Kier alpha value is -2.20. The summed E-state index contributed by atoms with van der Waals surface area (Å²) in [6.07, 6.45) is 4.83. The topological polar surface area (TPSA) is 45.2 Å². The summed E-state index contributed by atoms with van der Waals surface area (Å²) in [6, 6.07) is 11.9. The Morgan fingerprint density at radius 2 is 1.57 bits per heavy atom. The number of piperidine rings is 2. The van der Waals surface area contributed by atoms with Crippen molar-refractivity contribution < 1.29 is 4.79 Å². The molecule has 0 spiro atoms. The van der Waals surface area contributed by atoms with Crippen molar-refractivity contribution in [2.24, 2.45) is 11.8 Å². The molecular formula is C19H21N3O. The van der Waals surface area contributed by atoms with Crippen LogP contribution >= 0.6 is 0 Å². The van der Waals surface area contributed by atoms with E-state index in [0.29, 0.717) is 11.8 Å². The van der Waals surface area contributed by atoms with Crippen molar-refractivity contribution in [3.8, 4) is 11.1 Å². The van der Waals surface area contributed by atoms with Crippen molar-refractivity contribution in [2.45, 2.75) is 6.42 Å². The van der Waals surface area contributed by atoms with Gasteiger partial charge < -0.3 is 10.2 Å². The number of rotatable bonds is 2. The lowest BCUT2D eigenvalue weighted by Crippen LogP contribution is -2.52. The third kappa shape index (κ3) is 2.99. The molecular weight excluding hydrogens is 286 g/mol. The summed E-state index contributed by atoms with van der Waals surface area (Å²) in [5.41, 5.74) is 3.02. The predicted molar refractivity (Wildman–Crippen MR) is 90.0 cm³/mol. The molecule has 118 valence electrons. The van der Waals surface area contributed by atoms with E-state index in [2.05, 4.69) is 10.3 Å². The first-order valence-corrected chi connectivity index (χ1v) is 8.30. The fourth-order valence-electron chi connectivity index (χ4n) is 3.80. The van der Waals surface area contributed by atoms with E-state index in [1.807, 2.05) is 41.3 Å².